The lowest BCUT2D eigenvalue weighted by Crippen LogP contribution is -2.19. The molecular formula is C11H20N2. The van der Waals surface area contributed by atoms with Gasteiger partial charge in [-0.1, -0.05) is 13.8 Å². The lowest BCUT2D eigenvalue weighted by atomic mass is 10.1. The number of nitrogens with zero attached hydrogens (tertiary/aromatic N) is 1. The molecule has 0 aliphatic carbocycles. The number of nitrogens with two attached hydrogens (primary N) is 1. The molecule has 0 radical (unpaired) electrons. The Morgan fingerprint density at radius 2 is 1.77 bits per heavy atom. The van der Waals surface area contributed by atoms with Crippen molar-refractivity contribution in [3.63, 3.8) is 0 Å². The molecular weight excluding hydrogens is 160 g/mol. The van der Waals surface area contributed by atoms with E-state index in [0.717, 1.165) is 5.69 Å². The van der Waals surface area contributed by atoms with E-state index in [0.29, 0.717) is 5.92 Å². The zero-order valence-corrected chi connectivity index (χ0v) is 9.26. The van der Waals surface area contributed by atoms with Gasteiger partial charge in [0.05, 0.1) is 5.69 Å². The normalized spacial score (nSPS) is 12.5. The smallest absolute Gasteiger partial charge is 0.0529 e. The standard InChI is InChI=1S/C11H20N2/c1-8(2)9-6-13(7-10(9)12)11(3,4)5/h6-8H,12H2,1-5H3. The third-order valence-corrected chi connectivity index (χ3v) is 2.29. The molecule has 1 aromatic rings. The van der Waals surface area contributed by atoms with Crippen molar-refractivity contribution >= 4 is 5.69 Å². The first kappa shape index (κ1) is 10.2. The number of hydrogen-bond acceptors (Lipinski definition) is 1. The third-order valence-electron chi connectivity index (χ3n) is 2.29. The summed E-state index contributed by atoms with van der Waals surface area (Å²) in [5, 5.41) is 0. The van der Waals surface area contributed by atoms with E-state index in [1.54, 1.807) is 0 Å². The molecule has 0 aliphatic heterocycles. The second kappa shape index (κ2) is 3.09. The molecule has 2 N–H and O–H groups in total. The molecule has 1 heterocycles. The quantitative estimate of drug-likeness (QED) is 0.707. The molecule has 0 fully saturated rings. The molecule has 0 amide bonds. The van der Waals surface area contributed by atoms with Crippen LogP contribution in [0.3, 0.4) is 0 Å². The second-order valence-electron chi connectivity index (χ2n) is 4.90. The van der Waals surface area contributed by atoms with Gasteiger partial charge in [-0.15, -0.1) is 0 Å². The molecule has 0 unspecified atom stereocenters. The van der Waals surface area contributed by atoms with Gasteiger partial charge in [0.25, 0.3) is 0 Å². The Kier molecular flexibility index (Phi) is 2.42. The van der Waals surface area contributed by atoms with Gasteiger partial charge in [-0.25, -0.2) is 0 Å². The van der Waals surface area contributed by atoms with Crippen LogP contribution in [0.25, 0.3) is 0 Å². The number of rotatable bonds is 1. The highest BCUT2D eigenvalue weighted by molar-refractivity contribution is 5.47. The highest BCUT2D eigenvalue weighted by Gasteiger charge is 2.15. The monoisotopic (exact) mass is 180 g/mol. The Hall–Kier alpha value is -0.920. The summed E-state index contributed by atoms with van der Waals surface area (Å²) in [4.78, 5) is 0. The number of hydrogen-bond donors (Lipinski definition) is 1. The second-order valence-corrected chi connectivity index (χ2v) is 4.90. The van der Waals surface area contributed by atoms with Crippen molar-refractivity contribution in [3.05, 3.63) is 18.0 Å². The first-order valence-corrected chi connectivity index (χ1v) is 4.80. The van der Waals surface area contributed by atoms with E-state index < -0.39 is 0 Å². The predicted octanol–water partition coefficient (Wildman–Crippen LogP) is 2.95. The van der Waals surface area contributed by atoms with Crippen molar-refractivity contribution in [2.45, 2.75) is 46.1 Å². The Morgan fingerprint density at radius 3 is 2.00 bits per heavy atom. The van der Waals surface area contributed by atoms with Crippen LogP contribution in [0.4, 0.5) is 5.69 Å². The van der Waals surface area contributed by atoms with Crippen LogP contribution in [0.15, 0.2) is 12.4 Å². The molecule has 0 atom stereocenters. The molecule has 2 heteroatoms. The minimum Gasteiger partial charge on any atom is -0.397 e. The third kappa shape index (κ3) is 2.06. The van der Waals surface area contributed by atoms with Crippen molar-refractivity contribution in [2.24, 2.45) is 0 Å². The van der Waals surface area contributed by atoms with Gasteiger partial charge in [-0.2, -0.15) is 0 Å². The fraction of sp³-hybridized carbons (Fsp3) is 0.636. The summed E-state index contributed by atoms with van der Waals surface area (Å²) < 4.78 is 2.18. The average Bonchev–Trinajstić information content (AvgIpc) is 2.29. The van der Waals surface area contributed by atoms with Crippen molar-refractivity contribution in [1.82, 2.24) is 4.57 Å². The minimum absolute atomic E-state index is 0.126. The summed E-state index contributed by atoms with van der Waals surface area (Å²) in [7, 11) is 0. The van der Waals surface area contributed by atoms with Crippen molar-refractivity contribution < 1.29 is 0 Å². The Labute approximate surface area is 80.7 Å². The maximum absolute atomic E-state index is 5.92. The zero-order valence-electron chi connectivity index (χ0n) is 9.26. The van der Waals surface area contributed by atoms with Crippen LogP contribution in [0.5, 0.6) is 0 Å². The van der Waals surface area contributed by atoms with E-state index in [-0.39, 0.29) is 5.54 Å². The largest absolute Gasteiger partial charge is 0.397 e. The summed E-state index contributed by atoms with van der Waals surface area (Å²) in [5.74, 6) is 0.503. The van der Waals surface area contributed by atoms with Gasteiger partial charge in [0.1, 0.15) is 0 Å². The van der Waals surface area contributed by atoms with Crippen LogP contribution in [0.2, 0.25) is 0 Å². The van der Waals surface area contributed by atoms with Gasteiger partial charge in [-0.3, -0.25) is 0 Å². The summed E-state index contributed by atoms with van der Waals surface area (Å²) in [6.07, 6.45) is 4.18. The van der Waals surface area contributed by atoms with Gasteiger partial charge in [-0.05, 0) is 32.3 Å². The molecule has 74 valence electrons. The topological polar surface area (TPSA) is 30.9 Å². The van der Waals surface area contributed by atoms with Crippen LogP contribution < -0.4 is 5.73 Å². The van der Waals surface area contributed by atoms with Gasteiger partial charge in [0, 0.05) is 17.9 Å². The molecule has 1 aromatic heterocycles. The maximum atomic E-state index is 5.92. The SMILES string of the molecule is CC(C)c1cn(C(C)(C)C)cc1N. The van der Waals surface area contributed by atoms with Crippen molar-refractivity contribution in [3.8, 4) is 0 Å². The number of nitrogen functional groups attached to an aromatic ring is 1. The van der Waals surface area contributed by atoms with E-state index in [1.807, 2.05) is 6.20 Å². The van der Waals surface area contributed by atoms with Gasteiger partial charge in [0.15, 0.2) is 0 Å². The van der Waals surface area contributed by atoms with E-state index >= 15 is 0 Å². The Balaban J connectivity index is 3.10. The average molecular weight is 180 g/mol. The zero-order chi connectivity index (χ0) is 10.2. The molecule has 0 bridgehead atoms. The highest BCUT2D eigenvalue weighted by Crippen LogP contribution is 2.26. The van der Waals surface area contributed by atoms with Crippen LogP contribution in [0, 0.1) is 0 Å². The van der Waals surface area contributed by atoms with Crippen LogP contribution >= 0.6 is 0 Å². The molecule has 0 saturated heterocycles. The maximum Gasteiger partial charge on any atom is 0.0529 e. The lowest BCUT2D eigenvalue weighted by Gasteiger charge is -2.20. The predicted molar refractivity (Wildman–Crippen MR) is 57.9 cm³/mol. The summed E-state index contributed by atoms with van der Waals surface area (Å²) in [6, 6.07) is 0. The summed E-state index contributed by atoms with van der Waals surface area (Å²) in [6.45, 7) is 10.9. The number of anilines is 1. The molecule has 2 nitrogen and oxygen atoms in total. The molecule has 0 saturated carbocycles. The fourth-order valence-corrected chi connectivity index (χ4v) is 1.36. The molecule has 13 heavy (non-hydrogen) atoms. The van der Waals surface area contributed by atoms with E-state index in [2.05, 4.69) is 45.4 Å². The first-order valence-electron chi connectivity index (χ1n) is 4.80. The highest BCUT2D eigenvalue weighted by atomic mass is 15.0. The number of aromatic nitrogens is 1. The lowest BCUT2D eigenvalue weighted by molar-refractivity contribution is 0.398. The van der Waals surface area contributed by atoms with E-state index in [1.165, 1.54) is 5.56 Å². The van der Waals surface area contributed by atoms with E-state index in [4.69, 9.17) is 5.73 Å². The molecule has 1 rings (SSSR count). The van der Waals surface area contributed by atoms with Gasteiger partial charge >= 0.3 is 0 Å². The summed E-state index contributed by atoms with van der Waals surface area (Å²) in [5.41, 5.74) is 8.20. The molecule has 0 aromatic carbocycles. The van der Waals surface area contributed by atoms with Crippen LogP contribution in [-0.4, -0.2) is 4.57 Å². The van der Waals surface area contributed by atoms with Crippen LogP contribution in [-0.2, 0) is 5.54 Å². The minimum atomic E-state index is 0.126. The summed E-state index contributed by atoms with van der Waals surface area (Å²) >= 11 is 0. The van der Waals surface area contributed by atoms with Gasteiger partial charge in [0.2, 0.25) is 0 Å². The fourth-order valence-electron chi connectivity index (χ4n) is 1.36. The Morgan fingerprint density at radius 1 is 1.23 bits per heavy atom. The first-order chi connectivity index (χ1) is 5.82. The van der Waals surface area contributed by atoms with Crippen molar-refractivity contribution in [2.75, 3.05) is 5.73 Å². The molecule has 0 aliphatic rings. The van der Waals surface area contributed by atoms with E-state index in [9.17, 15) is 0 Å². The van der Waals surface area contributed by atoms with Crippen molar-refractivity contribution in [1.29, 1.82) is 0 Å². The Bertz CT molecular complexity index is 290. The molecule has 0 spiro atoms. The van der Waals surface area contributed by atoms with Gasteiger partial charge < -0.3 is 10.3 Å². The van der Waals surface area contributed by atoms with Crippen LogP contribution in [0.1, 0.15) is 46.1 Å².